The first kappa shape index (κ1) is 20.6. The number of hydrogen-bond donors (Lipinski definition) is 2. The minimum atomic E-state index is -0.111. The molecular formula is C19H24N2O5S. The van der Waals surface area contributed by atoms with Gasteiger partial charge >= 0.3 is 0 Å². The van der Waals surface area contributed by atoms with E-state index in [0.29, 0.717) is 48.1 Å². The van der Waals surface area contributed by atoms with Crippen molar-refractivity contribution in [2.45, 2.75) is 19.4 Å². The molecule has 2 amide bonds. The van der Waals surface area contributed by atoms with Crippen molar-refractivity contribution in [2.24, 2.45) is 0 Å². The highest BCUT2D eigenvalue weighted by atomic mass is 32.1. The molecule has 0 fully saturated rings. The Morgan fingerprint density at radius 3 is 2.33 bits per heavy atom. The molecule has 0 aliphatic carbocycles. The molecule has 0 bridgehead atoms. The minimum Gasteiger partial charge on any atom is -0.496 e. The van der Waals surface area contributed by atoms with Crippen molar-refractivity contribution in [3.8, 4) is 17.2 Å². The predicted molar refractivity (Wildman–Crippen MR) is 104 cm³/mol. The minimum absolute atomic E-state index is 0.0998. The van der Waals surface area contributed by atoms with E-state index in [4.69, 9.17) is 14.2 Å². The summed E-state index contributed by atoms with van der Waals surface area (Å²) < 4.78 is 15.9. The van der Waals surface area contributed by atoms with Crippen LogP contribution in [0.4, 0.5) is 0 Å². The number of rotatable bonds is 10. The highest BCUT2D eigenvalue weighted by Gasteiger charge is 2.13. The van der Waals surface area contributed by atoms with Crippen molar-refractivity contribution in [3.05, 3.63) is 40.1 Å². The van der Waals surface area contributed by atoms with Crippen LogP contribution in [0.15, 0.2) is 29.6 Å². The van der Waals surface area contributed by atoms with Gasteiger partial charge < -0.3 is 24.8 Å². The average Bonchev–Trinajstić information content (AvgIpc) is 3.23. The summed E-state index contributed by atoms with van der Waals surface area (Å²) in [6, 6.07) is 7.10. The maximum Gasteiger partial charge on any atom is 0.261 e. The fraction of sp³-hybridized carbons (Fsp3) is 0.368. The highest BCUT2D eigenvalue weighted by molar-refractivity contribution is 7.12. The molecule has 0 atom stereocenters. The second-order valence-electron chi connectivity index (χ2n) is 5.63. The lowest BCUT2D eigenvalue weighted by Gasteiger charge is -2.14. The van der Waals surface area contributed by atoms with Gasteiger partial charge in [-0.2, -0.15) is 0 Å². The van der Waals surface area contributed by atoms with Crippen molar-refractivity contribution in [2.75, 3.05) is 27.9 Å². The van der Waals surface area contributed by atoms with Gasteiger partial charge in [-0.15, -0.1) is 11.3 Å². The molecule has 2 rings (SSSR count). The Labute approximate surface area is 162 Å². The first-order chi connectivity index (χ1) is 13.1. The number of ether oxygens (including phenoxy) is 3. The van der Waals surface area contributed by atoms with E-state index in [2.05, 4.69) is 10.6 Å². The summed E-state index contributed by atoms with van der Waals surface area (Å²) in [5, 5.41) is 7.51. The van der Waals surface area contributed by atoms with E-state index in [0.717, 1.165) is 5.56 Å². The zero-order valence-electron chi connectivity index (χ0n) is 15.7. The molecule has 0 saturated carbocycles. The van der Waals surface area contributed by atoms with Crippen molar-refractivity contribution in [3.63, 3.8) is 0 Å². The van der Waals surface area contributed by atoms with Crippen molar-refractivity contribution >= 4 is 23.2 Å². The molecule has 0 spiro atoms. The van der Waals surface area contributed by atoms with E-state index < -0.39 is 0 Å². The Morgan fingerprint density at radius 2 is 1.70 bits per heavy atom. The lowest BCUT2D eigenvalue weighted by molar-refractivity contribution is -0.121. The Bertz CT molecular complexity index is 762. The molecule has 0 aliphatic rings. The highest BCUT2D eigenvalue weighted by Crippen LogP contribution is 2.34. The number of nitrogens with one attached hydrogen (secondary N) is 2. The largest absolute Gasteiger partial charge is 0.496 e. The van der Waals surface area contributed by atoms with Gasteiger partial charge in [0.25, 0.3) is 5.91 Å². The second kappa shape index (κ2) is 10.4. The smallest absolute Gasteiger partial charge is 0.261 e. The molecule has 0 unspecified atom stereocenters. The van der Waals surface area contributed by atoms with E-state index in [-0.39, 0.29) is 11.8 Å². The van der Waals surface area contributed by atoms with E-state index in [9.17, 15) is 9.59 Å². The number of benzene rings is 1. The van der Waals surface area contributed by atoms with Gasteiger partial charge in [-0.1, -0.05) is 6.07 Å². The quantitative estimate of drug-likeness (QED) is 0.607. The van der Waals surface area contributed by atoms with Crippen LogP contribution in [0.1, 0.15) is 28.1 Å². The van der Waals surface area contributed by atoms with Crippen LogP contribution < -0.4 is 24.8 Å². The lowest BCUT2D eigenvalue weighted by atomic mass is 10.1. The van der Waals surface area contributed by atoms with E-state index in [1.54, 1.807) is 39.5 Å². The molecule has 1 aromatic heterocycles. The molecular weight excluding hydrogens is 368 g/mol. The fourth-order valence-corrected chi connectivity index (χ4v) is 3.10. The number of methoxy groups -OCH3 is 3. The Morgan fingerprint density at radius 1 is 1.00 bits per heavy atom. The van der Waals surface area contributed by atoms with Crippen LogP contribution in [0.3, 0.4) is 0 Å². The monoisotopic (exact) mass is 392 g/mol. The van der Waals surface area contributed by atoms with Crippen LogP contribution in [0.5, 0.6) is 17.2 Å². The molecule has 8 heteroatoms. The molecule has 2 N–H and O–H groups in total. The number of amides is 2. The molecule has 27 heavy (non-hydrogen) atoms. The van der Waals surface area contributed by atoms with Gasteiger partial charge in [-0.05, 0) is 23.9 Å². The van der Waals surface area contributed by atoms with Gasteiger partial charge in [0, 0.05) is 31.1 Å². The van der Waals surface area contributed by atoms with Gasteiger partial charge in [-0.25, -0.2) is 0 Å². The maximum absolute atomic E-state index is 12.0. The van der Waals surface area contributed by atoms with Crippen LogP contribution in [0, 0.1) is 0 Å². The molecule has 2 aromatic rings. The summed E-state index contributed by atoms with van der Waals surface area (Å²) in [5.41, 5.74) is 0.787. The number of thiophene rings is 1. The predicted octanol–water partition coefficient (Wildman–Crippen LogP) is 2.60. The third-order valence-corrected chi connectivity index (χ3v) is 4.74. The van der Waals surface area contributed by atoms with Crippen molar-refractivity contribution in [1.82, 2.24) is 10.6 Å². The zero-order valence-corrected chi connectivity index (χ0v) is 16.5. The van der Waals surface area contributed by atoms with Crippen LogP contribution in [-0.4, -0.2) is 39.7 Å². The average molecular weight is 392 g/mol. The van der Waals surface area contributed by atoms with Crippen LogP contribution >= 0.6 is 11.3 Å². The molecule has 146 valence electrons. The third-order valence-electron chi connectivity index (χ3n) is 3.87. The van der Waals surface area contributed by atoms with Crippen molar-refractivity contribution < 1.29 is 23.8 Å². The standard InChI is InChI=1S/C19H24N2O5S/c1-24-14-11-16(26-3)15(25-2)10-13(14)12-21-18(22)7-4-8-20-19(23)17-6-5-9-27-17/h5-6,9-11H,4,7-8,12H2,1-3H3,(H,20,23)(H,21,22). The Hall–Kier alpha value is -2.74. The van der Waals surface area contributed by atoms with E-state index in [1.807, 2.05) is 11.4 Å². The first-order valence-electron chi connectivity index (χ1n) is 8.46. The van der Waals surface area contributed by atoms with Gasteiger partial charge in [0.1, 0.15) is 5.75 Å². The van der Waals surface area contributed by atoms with E-state index in [1.165, 1.54) is 11.3 Å². The number of hydrogen-bond acceptors (Lipinski definition) is 6. The van der Waals surface area contributed by atoms with Crippen molar-refractivity contribution in [1.29, 1.82) is 0 Å². The van der Waals surface area contributed by atoms with Gasteiger partial charge in [0.15, 0.2) is 11.5 Å². The van der Waals surface area contributed by atoms with Crippen LogP contribution in [-0.2, 0) is 11.3 Å². The summed E-state index contributed by atoms with van der Waals surface area (Å²) >= 11 is 1.39. The topological polar surface area (TPSA) is 85.9 Å². The first-order valence-corrected chi connectivity index (χ1v) is 9.34. The summed E-state index contributed by atoms with van der Waals surface area (Å²) in [5.74, 6) is 1.53. The van der Waals surface area contributed by atoms with Gasteiger partial charge in [-0.3, -0.25) is 9.59 Å². The Kier molecular flexibility index (Phi) is 7.94. The normalized spacial score (nSPS) is 10.2. The summed E-state index contributed by atoms with van der Waals surface area (Å²) in [6.07, 6.45) is 0.881. The Balaban J connectivity index is 1.79. The maximum atomic E-state index is 12.0. The van der Waals surface area contributed by atoms with Crippen LogP contribution in [0.25, 0.3) is 0 Å². The van der Waals surface area contributed by atoms with Crippen LogP contribution in [0.2, 0.25) is 0 Å². The third kappa shape index (κ3) is 5.89. The second-order valence-corrected chi connectivity index (χ2v) is 6.58. The lowest BCUT2D eigenvalue weighted by Crippen LogP contribution is -2.27. The number of carbonyl (C=O) groups excluding carboxylic acids is 2. The molecule has 0 radical (unpaired) electrons. The molecule has 0 saturated heterocycles. The molecule has 1 aromatic carbocycles. The summed E-state index contributed by atoms with van der Waals surface area (Å²) in [4.78, 5) is 24.5. The van der Waals surface area contributed by atoms with Gasteiger partial charge in [0.05, 0.1) is 26.2 Å². The molecule has 7 nitrogen and oxygen atoms in total. The summed E-state index contributed by atoms with van der Waals surface area (Å²) in [6.45, 7) is 0.758. The van der Waals surface area contributed by atoms with E-state index >= 15 is 0 Å². The molecule has 0 aliphatic heterocycles. The number of carbonyl (C=O) groups is 2. The molecule has 1 heterocycles. The zero-order chi connectivity index (χ0) is 19.6. The van der Waals surface area contributed by atoms with Gasteiger partial charge in [0.2, 0.25) is 5.91 Å². The summed E-state index contributed by atoms with van der Waals surface area (Å²) in [7, 11) is 4.66. The fourth-order valence-electron chi connectivity index (χ4n) is 2.46. The SMILES string of the molecule is COc1cc(OC)c(OC)cc1CNC(=O)CCCNC(=O)c1cccs1.